The second kappa shape index (κ2) is 5.39. The van der Waals surface area contributed by atoms with Crippen molar-refractivity contribution in [2.24, 2.45) is 0 Å². The second-order valence-corrected chi connectivity index (χ2v) is 3.87. The molecule has 0 aliphatic rings. The molecule has 1 aromatic carbocycles. The van der Waals surface area contributed by atoms with Crippen LogP contribution in [0.4, 0.5) is 0 Å². The van der Waals surface area contributed by atoms with E-state index in [0.29, 0.717) is 12.0 Å². The minimum Gasteiger partial charge on any atom is -0.504 e. The normalized spacial score (nSPS) is 12.3. The van der Waals surface area contributed by atoms with Crippen molar-refractivity contribution in [1.82, 2.24) is 0 Å². The number of hydrogen-bond acceptors (Lipinski definition) is 4. The summed E-state index contributed by atoms with van der Waals surface area (Å²) in [5.41, 5.74) is 0.584. The lowest BCUT2D eigenvalue weighted by molar-refractivity contribution is -0.107. The van der Waals surface area contributed by atoms with Crippen molar-refractivity contribution in [1.29, 1.82) is 0 Å². The number of carbonyl (C=O) groups excluding carboxylic acids is 1. The molecule has 0 saturated carbocycles. The van der Waals surface area contributed by atoms with Crippen molar-refractivity contribution < 1.29 is 20.1 Å². The molecule has 88 valence electrons. The summed E-state index contributed by atoms with van der Waals surface area (Å²) in [5.74, 6) is -1.06. The maximum absolute atomic E-state index is 10.2. The molecule has 0 aliphatic carbocycles. The zero-order valence-corrected chi connectivity index (χ0v) is 9.18. The Morgan fingerprint density at radius 3 is 2.56 bits per heavy atom. The zero-order valence-electron chi connectivity index (χ0n) is 9.18. The maximum Gasteiger partial charge on any atom is 0.200 e. The minimum atomic E-state index is -0.486. The molecule has 0 saturated heterocycles. The number of unbranched alkanes of at least 4 members (excludes halogenated alkanes) is 1. The van der Waals surface area contributed by atoms with E-state index in [9.17, 15) is 15.0 Å². The van der Waals surface area contributed by atoms with E-state index in [1.165, 1.54) is 6.07 Å². The van der Waals surface area contributed by atoms with Gasteiger partial charge in [0.05, 0.1) is 0 Å². The fourth-order valence-electron chi connectivity index (χ4n) is 1.65. The van der Waals surface area contributed by atoms with Crippen LogP contribution in [0.15, 0.2) is 12.1 Å². The first-order chi connectivity index (χ1) is 7.57. The molecule has 1 rings (SSSR count). The van der Waals surface area contributed by atoms with E-state index in [0.717, 1.165) is 19.1 Å². The molecule has 3 N–H and O–H groups in total. The summed E-state index contributed by atoms with van der Waals surface area (Å²) >= 11 is 0. The van der Waals surface area contributed by atoms with Crippen molar-refractivity contribution in [2.75, 3.05) is 0 Å². The molecule has 1 aromatic rings. The Kier molecular flexibility index (Phi) is 4.17. The van der Waals surface area contributed by atoms with Crippen LogP contribution >= 0.6 is 0 Å². The van der Waals surface area contributed by atoms with Crippen molar-refractivity contribution in [3.63, 3.8) is 0 Å². The molecule has 16 heavy (non-hydrogen) atoms. The Balaban J connectivity index is 2.79. The number of carbonyl (C=O) groups is 1. The zero-order chi connectivity index (χ0) is 12.1. The second-order valence-electron chi connectivity index (χ2n) is 3.87. The average Bonchev–Trinajstić information content (AvgIpc) is 2.26. The van der Waals surface area contributed by atoms with Gasteiger partial charge < -0.3 is 20.1 Å². The summed E-state index contributed by atoms with van der Waals surface area (Å²) in [6.45, 7) is 1.90. The van der Waals surface area contributed by atoms with Crippen LogP contribution in [0.1, 0.15) is 37.7 Å². The van der Waals surface area contributed by atoms with E-state index in [1.807, 2.05) is 6.92 Å². The van der Waals surface area contributed by atoms with Crippen LogP contribution in [0, 0.1) is 0 Å². The number of rotatable bonds is 5. The van der Waals surface area contributed by atoms with Gasteiger partial charge >= 0.3 is 0 Å². The van der Waals surface area contributed by atoms with Gasteiger partial charge in [0, 0.05) is 12.0 Å². The van der Waals surface area contributed by atoms with Crippen LogP contribution in [0.2, 0.25) is 0 Å². The fraction of sp³-hybridized carbons (Fsp3) is 0.417. The van der Waals surface area contributed by atoms with Gasteiger partial charge in [-0.15, -0.1) is 0 Å². The van der Waals surface area contributed by atoms with Crippen LogP contribution in [-0.2, 0) is 4.79 Å². The topological polar surface area (TPSA) is 77.8 Å². The molecule has 0 aliphatic heterocycles. The van der Waals surface area contributed by atoms with Crippen LogP contribution in [0.25, 0.3) is 0 Å². The Morgan fingerprint density at radius 1 is 1.25 bits per heavy atom. The molecular weight excluding hydrogens is 208 g/mol. The lowest BCUT2D eigenvalue weighted by atomic mass is 9.94. The van der Waals surface area contributed by atoms with Gasteiger partial charge in [0.15, 0.2) is 11.5 Å². The lowest BCUT2D eigenvalue weighted by Crippen LogP contribution is -1.95. The minimum absolute atomic E-state index is 0.0337. The number of hydrogen-bond donors (Lipinski definition) is 3. The van der Waals surface area contributed by atoms with Crippen molar-refractivity contribution >= 4 is 6.29 Å². The van der Waals surface area contributed by atoms with Crippen LogP contribution in [0.3, 0.4) is 0 Å². The Morgan fingerprint density at radius 2 is 1.94 bits per heavy atom. The van der Waals surface area contributed by atoms with Crippen molar-refractivity contribution in [3.8, 4) is 17.2 Å². The average molecular weight is 224 g/mol. The van der Waals surface area contributed by atoms with E-state index >= 15 is 0 Å². The lowest BCUT2D eigenvalue weighted by Gasteiger charge is -2.14. The Bertz CT molecular complexity index is 374. The van der Waals surface area contributed by atoms with Gasteiger partial charge in [-0.05, 0) is 24.8 Å². The third kappa shape index (κ3) is 2.66. The molecule has 1 atom stereocenters. The standard InChI is InChI=1S/C12H16O4/c1-8(4-2-3-7-13)9-5-6-10(14)12(16)11(9)15/h5-8,14-16H,2-4H2,1H3. The molecule has 0 spiro atoms. The van der Waals surface area contributed by atoms with Gasteiger partial charge in [-0.3, -0.25) is 0 Å². The highest BCUT2D eigenvalue weighted by molar-refractivity contribution is 5.54. The van der Waals surface area contributed by atoms with Crippen LogP contribution < -0.4 is 0 Å². The Labute approximate surface area is 94.2 Å². The summed E-state index contributed by atoms with van der Waals surface area (Å²) in [5, 5.41) is 28.1. The number of phenols is 3. The molecule has 4 nitrogen and oxygen atoms in total. The first kappa shape index (κ1) is 12.4. The predicted octanol–water partition coefficient (Wildman–Crippen LogP) is 2.28. The number of benzene rings is 1. The van der Waals surface area contributed by atoms with Gasteiger partial charge in [0.2, 0.25) is 5.75 Å². The van der Waals surface area contributed by atoms with Gasteiger partial charge in [-0.2, -0.15) is 0 Å². The summed E-state index contributed by atoms with van der Waals surface area (Å²) in [4.78, 5) is 10.2. The molecule has 0 radical (unpaired) electrons. The summed E-state index contributed by atoms with van der Waals surface area (Å²) < 4.78 is 0. The van der Waals surface area contributed by atoms with Crippen molar-refractivity contribution in [3.05, 3.63) is 17.7 Å². The van der Waals surface area contributed by atoms with Gasteiger partial charge in [0.25, 0.3) is 0 Å². The monoisotopic (exact) mass is 224 g/mol. The predicted molar refractivity (Wildman–Crippen MR) is 59.8 cm³/mol. The van der Waals surface area contributed by atoms with E-state index in [1.54, 1.807) is 6.07 Å². The SMILES string of the molecule is CC(CCCC=O)c1ccc(O)c(O)c1O. The molecular formula is C12H16O4. The fourth-order valence-corrected chi connectivity index (χ4v) is 1.65. The molecule has 4 heteroatoms. The Hall–Kier alpha value is -1.71. The molecule has 0 aromatic heterocycles. The third-order valence-corrected chi connectivity index (χ3v) is 2.65. The first-order valence-corrected chi connectivity index (χ1v) is 5.25. The highest BCUT2D eigenvalue weighted by Gasteiger charge is 2.15. The highest BCUT2D eigenvalue weighted by Crippen LogP contribution is 2.41. The molecule has 0 heterocycles. The molecule has 0 amide bonds. The smallest absolute Gasteiger partial charge is 0.200 e. The summed E-state index contributed by atoms with van der Waals surface area (Å²) in [6.07, 6.45) is 2.85. The number of aldehydes is 1. The third-order valence-electron chi connectivity index (χ3n) is 2.65. The van der Waals surface area contributed by atoms with Gasteiger partial charge in [-0.1, -0.05) is 13.0 Å². The quantitative estimate of drug-likeness (QED) is 0.407. The largest absolute Gasteiger partial charge is 0.504 e. The number of phenolic OH excluding ortho intramolecular Hbond substituents is 3. The van der Waals surface area contributed by atoms with E-state index < -0.39 is 5.75 Å². The molecule has 1 unspecified atom stereocenters. The first-order valence-electron chi connectivity index (χ1n) is 5.25. The van der Waals surface area contributed by atoms with Gasteiger partial charge in [-0.25, -0.2) is 0 Å². The van der Waals surface area contributed by atoms with Crippen molar-refractivity contribution in [2.45, 2.75) is 32.1 Å². The van der Waals surface area contributed by atoms with Gasteiger partial charge in [0.1, 0.15) is 6.29 Å². The molecule has 0 bridgehead atoms. The summed E-state index contributed by atoms with van der Waals surface area (Å²) in [7, 11) is 0. The number of aromatic hydroxyl groups is 3. The van der Waals surface area contributed by atoms with E-state index in [4.69, 9.17) is 5.11 Å². The van der Waals surface area contributed by atoms with E-state index in [-0.39, 0.29) is 17.4 Å². The van der Waals surface area contributed by atoms with E-state index in [2.05, 4.69) is 0 Å². The maximum atomic E-state index is 10.2. The van der Waals surface area contributed by atoms with Crippen LogP contribution in [0.5, 0.6) is 17.2 Å². The highest BCUT2D eigenvalue weighted by atomic mass is 16.3. The summed E-state index contributed by atoms with van der Waals surface area (Å²) in [6, 6.07) is 2.93. The molecule has 0 fully saturated rings. The van der Waals surface area contributed by atoms with Crippen LogP contribution in [-0.4, -0.2) is 21.6 Å².